The molecule has 0 bridgehead atoms. The van der Waals surface area contributed by atoms with Crippen LogP contribution in [0.4, 0.5) is 4.39 Å². The van der Waals surface area contributed by atoms with Gasteiger partial charge in [0.15, 0.2) is 11.5 Å². The molecule has 1 aliphatic rings. The van der Waals surface area contributed by atoms with Crippen LogP contribution in [-0.4, -0.2) is 53.1 Å². The van der Waals surface area contributed by atoms with E-state index in [1.165, 1.54) is 37.0 Å². The van der Waals surface area contributed by atoms with Gasteiger partial charge in [0.2, 0.25) is 0 Å². The first-order chi connectivity index (χ1) is 19.6. The van der Waals surface area contributed by atoms with Crippen LogP contribution in [0.2, 0.25) is 0 Å². The van der Waals surface area contributed by atoms with Crippen molar-refractivity contribution in [2.45, 2.75) is 32.4 Å². The molecule has 7 rings (SSSR count). The molecule has 0 unspecified atom stereocenters. The molecule has 0 amide bonds. The zero-order valence-corrected chi connectivity index (χ0v) is 21.9. The highest BCUT2D eigenvalue weighted by atomic mass is 19.1. The van der Waals surface area contributed by atoms with Gasteiger partial charge < -0.3 is 10.7 Å². The van der Waals surface area contributed by atoms with Crippen molar-refractivity contribution in [1.82, 2.24) is 40.0 Å². The lowest BCUT2D eigenvalue weighted by Gasteiger charge is -2.26. The SMILES string of the molecule is NCc1cc(F)cc(-c2cncc3[nH]c(-c4[nH]nc5ncc(-c6cncc(CN7CCCCC7)c6)cc45)nc23)c1. The van der Waals surface area contributed by atoms with Crippen molar-refractivity contribution in [2.24, 2.45) is 5.73 Å². The van der Waals surface area contributed by atoms with Gasteiger partial charge in [0, 0.05) is 54.6 Å². The Kier molecular flexibility index (Phi) is 6.26. The smallest absolute Gasteiger partial charge is 0.181 e. The highest BCUT2D eigenvalue weighted by Gasteiger charge is 2.17. The van der Waals surface area contributed by atoms with Gasteiger partial charge in [-0.05, 0) is 73.0 Å². The number of halogens is 1. The maximum absolute atomic E-state index is 14.3. The van der Waals surface area contributed by atoms with Crippen molar-refractivity contribution >= 4 is 22.1 Å². The molecule has 0 radical (unpaired) electrons. The maximum Gasteiger partial charge on any atom is 0.181 e. The van der Waals surface area contributed by atoms with E-state index in [2.05, 4.69) is 47.2 Å². The molecule has 1 aliphatic heterocycles. The van der Waals surface area contributed by atoms with Crippen molar-refractivity contribution in [3.8, 4) is 33.8 Å². The lowest BCUT2D eigenvalue weighted by molar-refractivity contribution is 0.220. The van der Waals surface area contributed by atoms with Crippen LogP contribution in [0.3, 0.4) is 0 Å². The molecule has 0 atom stereocenters. The first-order valence-electron chi connectivity index (χ1n) is 13.5. The molecule has 0 spiro atoms. The Bertz CT molecular complexity index is 1830. The van der Waals surface area contributed by atoms with E-state index in [-0.39, 0.29) is 12.4 Å². The number of nitrogens with two attached hydrogens (primary N) is 1. The average molecular weight is 534 g/mol. The summed E-state index contributed by atoms with van der Waals surface area (Å²) in [6.45, 7) is 3.42. The second kappa shape index (κ2) is 10.2. The first-order valence-corrected chi connectivity index (χ1v) is 13.5. The standard InChI is InChI=1S/C30H28FN9/c31-23-8-18(11-32)6-20(9-23)25-15-34-16-26-27(25)37-30(36-26)28-24-10-22(14-35-29(24)39-38-28)21-7-19(12-33-13-21)17-40-4-2-1-3-5-40/h6-10,12-16H,1-5,11,17,32H2,(H,36,37)(H,35,38,39). The minimum Gasteiger partial charge on any atom is -0.335 e. The summed E-state index contributed by atoms with van der Waals surface area (Å²) in [7, 11) is 0. The van der Waals surface area contributed by atoms with Gasteiger partial charge in [0.25, 0.3) is 0 Å². The number of rotatable bonds is 6. The van der Waals surface area contributed by atoms with E-state index in [4.69, 9.17) is 10.7 Å². The summed E-state index contributed by atoms with van der Waals surface area (Å²) in [6.07, 6.45) is 12.9. The van der Waals surface area contributed by atoms with Crippen LogP contribution in [0.25, 0.3) is 55.8 Å². The van der Waals surface area contributed by atoms with E-state index in [0.29, 0.717) is 39.4 Å². The lowest BCUT2D eigenvalue weighted by atomic mass is 10.0. The highest BCUT2D eigenvalue weighted by Crippen LogP contribution is 2.33. The number of likely N-dealkylation sites (tertiary alicyclic amines) is 1. The summed E-state index contributed by atoms with van der Waals surface area (Å²) in [5.74, 6) is 0.247. The predicted octanol–water partition coefficient (Wildman–Crippen LogP) is 5.21. The number of hydrogen-bond donors (Lipinski definition) is 3. The average Bonchev–Trinajstić information content (AvgIpc) is 3.61. The first kappa shape index (κ1) is 24.5. The van der Waals surface area contributed by atoms with Crippen molar-refractivity contribution in [2.75, 3.05) is 13.1 Å². The number of piperidine rings is 1. The molecule has 1 aromatic carbocycles. The molecule has 0 aliphatic carbocycles. The van der Waals surface area contributed by atoms with Gasteiger partial charge in [-0.25, -0.2) is 14.4 Å². The quantitative estimate of drug-likeness (QED) is 0.268. The summed E-state index contributed by atoms with van der Waals surface area (Å²) in [5, 5.41) is 8.35. The molecule has 1 fully saturated rings. The number of aromatic amines is 2. The van der Waals surface area contributed by atoms with Gasteiger partial charge >= 0.3 is 0 Å². The minimum absolute atomic E-state index is 0.242. The Morgan fingerprint density at radius 2 is 1.68 bits per heavy atom. The molecule has 6 aromatic rings. The fourth-order valence-corrected chi connectivity index (χ4v) is 5.53. The normalized spacial score (nSPS) is 14.3. The van der Waals surface area contributed by atoms with Crippen LogP contribution < -0.4 is 5.73 Å². The molecule has 6 heterocycles. The Balaban J connectivity index is 1.26. The van der Waals surface area contributed by atoms with Gasteiger partial charge in [-0.3, -0.25) is 20.0 Å². The van der Waals surface area contributed by atoms with Crippen molar-refractivity contribution in [3.63, 3.8) is 0 Å². The van der Waals surface area contributed by atoms with Crippen LogP contribution in [0.5, 0.6) is 0 Å². The third-order valence-corrected chi connectivity index (χ3v) is 7.53. The summed E-state index contributed by atoms with van der Waals surface area (Å²) in [4.78, 5) is 24.2. The van der Waals surface area contributed by atoms with Crippen molar-refractivity contribution in [3.05, 3.63) is 78.3 Å². The minimum atomic E-state index is -0.349. The second-order valence-electron chi connectivity index (χ2n) is 10.3. The van der Waals surface area contributed by atoms with Crippen LogP contribution >= 0.6 is 0 Å². The predicted molar refractivity (Wildman–Crippen MR) is 152 cm³/mol. The third kappa shape index (κ3) is 4.61. The number of nitrogens with zero attached hydrogens (tertiary/aromatic N) is 6. The number of benzene rings is 1. The van der Waals surface area contributed by atoms with Gasteiger partial charge in [0.05, 0.1) is 22.6 Å². The molecule has 0 saturated carbocycles. The van der Waals surface area contributed by atoms with Gasteiger partial charge in [-0.1, -0.05) is 6.42 Å². The molecule has 4 N–H and O–H groups in total. The number of hydrogen-bond acceptors (Lipinski definition) is 7. The Morgan fingerprint density at radius 1 is 0.850 bits per heavy atom. The fraction of sp³-hybridized carbons (Fsp3) is 0.233. The number of aromatic nitrogens is 7. The summed E-state index contributed by atoms with van der Waals surface area (Å²) in [6, 6.07) is 9.03. The van der Waals surface area contributed by atoms with Crippen LogP contribution in [0, 0.1) is 5.82 Å². The molecule has 40 heavy (non-hydrogen) atoms. The van der Waals surface area contributed by atoms with Gasteiger partial charge in [-0.15, -0.1) is 0 Å². The number of nitrogens with one attached hydrogen (secondary N) is 2. The van der Waals surface area contributed by atoms with Gasteiger partial charge in [0.1, 0.15) is 11.5 Å². The molecular formula is C30H28FN9. The van der Waals surface area contributed by atoms with E-state index in [0.717, 1.165) is 41.7 Å². The van der Waals surface area contributed by atoms with E-state index < -0.39 is 0 Å². The summed E-state index contributed by atoms with van der Waals surface area (Å²) < 4.78 is 14.3. The number of fused-ring (bicyclic) bond motifs is 2. The molecule has 9 nitrogen and oxygen atoms in total. The maximum atomic E-state index is 14.3. The van der Waals surface area contributed by atoms with Crippen LogP contribution in [0.15, 0.2) is 61.3 Å². The largest absolute Gasteiger partial charge is 0.335 e. The van der Waals surface area contributed by atoms with E-state index >= 15 is 0 Å². The van der Waals surface area contributed by atoms with Crippen LogP contribution in [-0.2, 0) is 13.1 Å². The number of imidazole rings is 1. The molecular weight excluding hydrogens is 505 g/mol. The van der Waals surface area contributed by atoms with Crippen molar-refractivity contribution in [1.29, 1.82) is 0 Å². The molecule has 10 heteroatoms. The number of H-pyrrole nitrogens is 2. The third-order valence-electron chi connectivity index (χ3n) is 7.53. The summed E-state index contributed by atoms with van der Waals surface area (Å²) >= 11 is 0. The molecule has 1 saturated heterocycles. The van der Waals surface area contributed by atoms with Gasteiger partial charge in [-0.2, -0.15) is 5.10 Å². The fourth-order valence-electron chi connectivity index (χ4n) is 5.53. The Morgan fingerprint density at radius 3 is 2.55 bits per heavy atom. The zero-order valence-electron chi connectivity index (χ0n) is 21.9. The van der Waals surface area contributed by atoms with E-state index in [1.54, 1.807) is 12.4 Å². The molecule has 5 aromatic heterocycles. The highest BCUT2D eigenvalue weighted by molar-refractivity contribution is 5.96. The number of pyridine rings is 3. The monoisotopic (exact) mass is 533 g/mol. The van der Waals surface area contributed by atoms with Crippen LogP contribution in [0.1, 0.15) is 30.4 Å². The van der Waals surface area contributed by atoms with E-state index in [9.17, 15) is 4.39 Å². The summed E-state index contributed by atoms with van der Waals surface area (Å²) in [5.41, 5.74) is 13.7. The van der Waals surface area contributed by atoms with Crippen molar-refractivity contribution < 1.29 is 4.39 Å². The second-order valence-corrected chi connectivity index (χ2v) is 10.3. The Hall–Kier alpha value is -4.54. The topological polar surface area (TPSA) is 125 Å². The lowest BCUT2D eigenvalue weighted by Crippen LogP contribution is -2.29. The zero-order chi connectivity index (χ0) is 27.1. The Labute approximate surface area is 229 Å². The van der Waals surface area contributed by atoms with E-state index in [1.807, 2.05) is 24.7 Å². The molecule has 200 valence electrons.